The molecule has 0 aromatic carbocycles. The Bertz CT molecular complexity index is 658. The first-order valence-corrected chi connectivity index (χ1v) is 8.53. The molecule has 0 bridgehead atoms. The van der Waals surface area contributed by atoms with Crippen LogP contribution in [0.25, 0.3) is 0 Å². The lowest BCUT2D eigenvalue weighted by Gasteiger charge is -2.46. The van der Waals surface area contributed by atoms with E-state index in [0.29, 0.717) is 23.1 Å². The van der Waals surface area contributed by atoms with Gasteiger partial charge in [-0.2, -0.15) is 0 Å². The van der Waals surface area contributed by atoms with Gasteiger partial charge in [-0.3, -0.25) is 9.59 Å². The molecule has 2 aliphatic carbocycles. The molecule has 0 fully saturated rings. The minimum Gasteiger partial charge on any atom is -0.504 e. The highest BCUT2D eigenvalue weighted by atomic mass is 16.3. The summed E-state index contributed by atoms with van der Waals surface area (Å²) >= 11 is 0. The van der Waals surface area contributed by atoms with E-state index in [1.807, 2.05) is 54.5 Å². The summed E-state index contributed by atoms with van der Waals surface area (Å²) in [6.45, 7) is 13.8. The van der Waals surface area contributed by atoms with Gasteiger partial charge >= 0.3 is 0 Å². The van der Waals surface area contributed by atoms with Gasteiger partial charge in [0.1, 0.15) is 0 Å². The molecule has 2 aliphatic rings. The summed E-state index contributed by atoms with van der Waals surface area (Å²) in [5, 5.41) is 10.7. The van der Waals surface area contributed by atoms with E-state index in [2.05, 4.69) is 0 Å². The second kappa shape index (κ2) is 5.77. The molecule has 0 spiro atoms. The number of fused-ring (bicyclic) bond motifs is 1. The highest BCUT2D eigenvalue weighted by Crippen LogP contribution is 2.53. The van der Waals surface area contributed by atoms with Gasteiger partial charge in [0.05, 0.1) is 0 Å². The number of carbonyl (C=O) groups excluding carboxylic acids is 2. The molecule has 0 saturated heterocycles. The van der Waals surface area contributed by atoms with E-state index in [1.165, 1.54) is 0 Å². The molecule has 3 heteroatoms. The van der Waals surface area contributed by atoms with Gasteiger partial charge in [0.2, 0.25) is 5.78 Å². The Labute approximate surface area is 139 Å². The zero-order valence-electron chi connectivity index (χ0n) is 15.3. The lowest BCUT2D eigenvalue weighted by Crippen LogP contribution is -2.44. The minimum absolute atomic E-state index is 0.0114. The molecule has 0 amide bonds. The van der Waals surface area contributed by atoms with Crippen molar-refractivity contribution in [2.75, 3.05) is 0 Å². The molecular weight excluding hydrogens is 288 g/mol. The van der Waals surface area contributed by atoms with Crippen molar-refractivity contribution in [2.24, 2.45) is 23.2 Å². The lowest BCUT2D eigenvalue weighted by atomic mass is 9.56. The van der Waals surface area contributed by atoms with Gasteiger partial charge in [-0.1, -0.05) is 41.5 Å². The van der Waals surface area contributed by atoms with Gasteiger partial charge in [0, 0.05) is 28.1 Å². The highest BCUT2D eigenvalue weighted by Gasteiger charge is 2.50. The van der Waals surface area contributed by atoms with Crippen molar-refractivity contribution in [3.8, 4) is 0 Å². The SMILES string of the molecule is CC[C@]1(C)C2=C(O)C(=O)C(C(C)C)=CC2=C(C)C(=O)C1C(C)C. The Morgan fingerprint density at radius 2 is 1.78 bits per heavy atom. The average Bonchev–Trinajstić information content (AvgIpc) is 2.46. The van der Waals surface area contributed by atoms with Crippen molar-refractivity contribution in [1.82, 2.24) is 0 Å². The summed E-state index contributed by atoms with van der Waals surface area (Å²) in [6, 6.07) is 0. The van der Waals surface area contributed by atoms with Gasteiger partial charge in [-0.15, -0.1) is 0 Å². The molecule has 3 nitrogen and oxygen atoms in total. The Morgan fingerprint density at radius 1 is 1.22 bits per heavy atom. The quantitative estimate of drug-likeness (QED) is 0.831. The second-order valence-electron chi connectivity index (χ2n) is 7.70. The predicted octanol–water partition coefficient (Wildman–Crippen LogP) is 4.55. The molecule has 0 aromatic rings. The van der Waals surface area contributed by atoms with E-state index in [9.17, 15) is 14.7 Å². The number of ketones is 2. The number of hydrogen-bond acceptors (Lipinski definition) is 3. The van der Waals surface area contributed by atoms with Crippen LogP contribution in [-0.4, -0.2) is 16.7 Å². The van der Waals surface area contributed by atoms with E-state index in [0.717, 1.165) is 5.57 Å². The Kier molecular flexibility index (Phi) is 4.44. The molecule has 0 radical (unpaired) electrons. The maximum absolute atomic E-state index is 13.0. The van der Waals surface area contributed by atoms with Crippen LogP contribution in [0.2, 0.25) is 0 Å². The highest BCUT2D eigenvalue weighted by molar-refractivity contribution is 6.12. The summed E-state index contributed by atoms with van der Waals surface area (Å²) in [5.74, 6) is -0.358. The van der Waals surface area contributed by atoms with Gasteiger partial charge in [0.15, 0.2) is 11.5 Å². The first-order valence-electron chi connectivity index (χ1n) is 8.53. The molecule has 2 atom stereocenters. The van der Waals surface area contributed by atoms with Crippen LogP contribution in [0.1, 0.15) is 54.9 Å². The van der Waals surface area contributed by atoms with Crippen LogP contribution in [0.3, 0.4) is 0 Å². The summed E-state index contributed by atoms with van der Waals surface area (Å²) in [7, 11) is 0. The summed E-state index contributed by atoms with van der Waals surface area (Å²) in [4.78, 5) is 25.6. The molecule has 23 heavy (non-hydrogen) atoms. The number of aliphatic hydroxyl groups excluding tert-OH is 1. The largest absolute Gasteiger partial charge is 0.504 e. The number of Topliss-reactive ketones (excluding diaryl/α,β-unsaturated/α-hetero) is 2. The number of rotatable bonds is 3. The molecule has 0 heterocycles. The number of allylic oxidation sites excluding steroid dienone is 5. The van der Waals surface area contributed by atoms with Gasteiger partial charge < -0.3 is 5.11 Å². The van der Waals surface area contributed by atoms with Crippen LogP contribution >= 0.6 is 0 Å². The molecule has 0 saturated carbocycles. The normalized spacial score (nSPS) is 28.7. The van der Waals surface area contributed by atoms with Crippen LogP contribution in [0.15, 0.2) is 34.1 Å². The van der Waals surface area contributed by atoms with Crippen LogP contribution in [0.5, 0.6) is 0 Å². The fraction of sp³-hybridized carbons (Fsp3) is 0.600. The molecule has 1 unspecified atom stereocenters. The number of aliphatic hydroxyl groups is 1. The standard InChI is InChI=1S/C20H28O3/c1-8-20(7)15(11(4)5)17(21)12(6)14-9-13(10(2)3)18(22)19(23)16(14)20/h9-11,15,23H,8H2,1-7H3/t15?,20-/m0/s1. The van der Waals surface area contributed by atoms with Crippen molar-refractivity contribution in [1.29, 1.82) is 0 Å². The Hall–Kier alpha value is -1.64. The van der Waals surface area contributed by atoms with Crippen molar-refractivity contribution < 1.29 is 14.7 Å². The molecule has 0 aromatic heterocycles. The third-order valence-electron chi connectivity index (χ3n) is 5.62. The van der Waals surface area contributed by atoms with Crippen molar-refractivity contribution >= 4 is 11.6 Å². The van der Waals surface area contributed by atoms with E-state index in [-0.39, 0.29) is 35.1 Å². The first kappa shape index (κ1) is 17.7. The monoisotopic (exact) mass is 316 g/mol. The van der Waals surface area contributed by atoms with Gasteiger partial charge in [0.25, 0.3) is 0 Å². The van der Waals surface area contributed by atoms with Crippen LogP contribution in [-0.2, 0) is 9.59 Å². The fourth-order valence-corrected chi connectivity index (χ4v) is 4.22. The lowest BCUT2D eigenvalue weighted by molar-refractivity contribution is -0.125. The van der Waals surface area contributed by atoms with Crippen LogP contribution < -0.4 is 0 Å². The van der Waals surface area contributed by atoms with Crippen molar-refractivity contribution in [2.45, 2.75) is 54.9 Å². The number of carbonyl (C=O) groups is 2. The molecule has 1 N–H and O–H groups in total. The van der Waals surface area contributed by atoms with Crippen LogP contribution in [0.4, 0.5) is 0 Å². The van der Waals surface area contributed by atoms with Gasteiger partial charge in [-0.05, 0) is 36.8 Å². The molecule has 0 aliphatic heterocycles. The minimum atomic E-state index is -0.515. The van der Waals surface area contributed by atoms with E-state index in [4.69, 9.17) is 0 Å². The second-order valence-corrected chi connectivity index (χ2v) is 7.70. The number of hydrogen-bond donors (Lipinski definition) is 1. The van der Waals surface area contributed by atoms with Gasteiger partial charge in [-0.25, -0.2) is 0 Å². The summed E-state index contributed by atoms with van der Waals surface area (Å²) < 4.78 is 0. The molecular formula is C20H28O3. The van der Waals surface area contributed by atoms with E-state index >= 15 is 0 Å². The fourth-order valence-electron chi connectivity index (χ4n) is 4.22. The maximum atomic E-state index is 13.0. The van der Waals surface area contributed by atoms with Crippen LogP contribution in [0, 0.1) is 23.2 Å². The van der Waals surface area contributed by atoms with Crippen molar-refractivity contribution in [3.05, 3.63) is 34.1 Å². The Balaban J connectivity index is 2.83. The topological polar surface area (TPSA) is 54.4 Å². The Morgan fingerprint density at radius 3 is 2.22 bits per heavy atom. The first-order chi connectivity index (χ1) is 10.6. The zero-order valence-corrected chi connectivity index (χ0v) is 15.3. The maximum Gasteiger partial charge on any atom is 0.223 e. The van der Waals surface area contributed by atoms with E-state index in [1.54, 1.807) is 0 Å². The van der Waals surface area contributed by atoms with E-state index < -0.39 is 5.41 Å². The average molecular weight is 316 g/mol. The smallest absolute Gasteiger partial charge is 0.223 e. The summed E-state index contributed by atoms with van der Waals surface area (Å²) in [5.41, 5.74) is 2.16. The van der Waals surface area contributed by atoms with Crippen molar-refractivity contribution in [3.63, 3.8) is 0 Å². The zero-order chi connectivity index (χ0) is 17.7. The third-order valence-corrected chi connectivity index (χ3v) is 5.62. The molecule has 126 valence electrons. The molecule has 2 rings (SSSR count). The summed E-state index contributed by atoms with van der Waals surface area (Å²) in [6.07, 6.45) is 2.54. The predicted molar refractivity (Wildman–Crippen MR) is 92.0 cm³/mol. The third kappa shape index (κ3) is 2.41.